The third kappa shape index (κ3) is 5.89. The summed E-state index contributed by atoms with van der Waals surface area (Å²) in [7, 11) is 0. The maximum absolute atomic E-state index is 11.9. The van der Waals surface area contributed by atoms with Crippen LogP contribution in [0.1, 0.15) is 0 Å². The van der Waals surface area contributed by atoms with Crippen LogP contribution in [0.3, 0.4) is 0 Å². The molecule has 2 N–H and O–H groups in total. The van der Waals surface area contributed by atoms with Crippen LogP contribution in [0, 0.1) is 3.57 Å². The van der Waals surface area contributed by atoms with Gasteiger partial charge in [-0.25, -0.2) is 0 Å². The Morgan fingerprint density at radius 2 is 2.06 bits per heavy atom. The maximum atomic E-state index is 11.9. The number of carbonyl (C=O) groups excluding carboxylic acids is 1. The fourth-order valence-electron chi connectivity index (χ4n) is 1.07. The number of halogens is 5. The number of amides is 1. The molecule has 0 aliphatic rings. The van der Waals surface area contributed by atoms with Crippen molar-refractivity contribution in [3.63, 3.8) is 0 Å². The number of nitrogens with one attached hydrogen (secondary N) is 2. The molecule has 0 saturated carbocycles. The van der Waals surface area contributed by atoms with Crippen LogP contribution in [0.5, 0.6) is 0 Å². The fraction of sp³-hybridized carbons (Fsp3) is 0.300. The van der Waals surface area contributed by atoms with Gasteiger partial charge in [-0.15, -0.1) is 0 Å². The van der Waals surface area contributed by atoms with Crippen LogP contribution in [0.2, 0.25) is 0 Å². The number of hydrogen-bond donors (Lipinski definition) is 2. The summed E-state index contributed by atoms with van der Waals surface area (Å²) in [6.07, 6.45) is -4.39. The van der Waals surface area contributed by atoms with E-state index in [2.05, 4.69) is 43.8 Å². The summed E-state index contributed by atoms with van der Waals surface area (Å²) in [4.78, 5) is 11.2. The molecule has 1 aromatic carbocycles. The van der Waals surface area contributed by atoms with E-state index in [9.17, 15) is 18.0 Å². The molecule has 0 atom stereocenters. The fourth-order valence-corrected chi connectivity index (χ4v) is 1.95. The van der Waals surface area contributed by atoms with E-state index in [1.165, 1.54) is 0 Å². The molecular weight excluding hydrogens is 428 g/mol. The van der Waals surface area contributed by atoms with E-state index in [0.29, 0.717) is 5.69 Å². The summed E-state index contributed by atoms with van der Waals surface area (Å²) in [5.41, 5.74) is 0.657. The van der Waals surface area contributed by atoms with Crippen molar-refractivity contribution in [1.29, 1.82) is 0 Å². The van der Waals surface area contributed by atoms with Gasteiger partial charge in [0.05, 0.1) is 6.54 Å². The SMILES string of the molecule is O=C(CNc1cc(I)ccc1Br)NCC(F)(F)F. The predicted molar refractivity (Wildman–Crippen MR) is 74.4 cm³/mol. The molecule has 0 unspecified atom stereocenters. The second kappa shape index (κ2) is 6.60. The molecule has 18 heavy (non-hydrogen) atoms. The summed E-state index contributed by atoms with van der Waals surface area (Å²) in [5.74, 6) is -0.710. The zero-order valence-electron chi connectivity index (χ0n) is 8.94. The largest absolute Gasteiger partial charge is 0.405 e. The Labute approximate surface area is 124 Å². The van der Waals surface area contributed by atoms with E-state index < -0.39 is 18.6 Å². The zero-order valence-corrected chi connectivity index (χ0v) is 12.7. The second-order valence-corrected chi connectivity index (χ2v) is 5.47. The lowest BCUT2D eigenvalue weighted by atomic mass is 10.3. The molecule has 8 heteroatoms. The van der Waals surface area contributed by atoms with Gasteiger partial charge in [-0.05, 0) is 56.7 Å². The number of rotatable bonds is 4. The van der Waals surface area contributed by atoms with Gasteiger partial charge >= 0.3 is 6.18 Å². The Morgan fingerprint density at radius 1 is 1.39 bits per heavy atom. The molecule has 0 fully saturated rings. The van der Waals surface area contributed by atoms with Gasteiger partial charge in [0.25, 0.3) is 0 Å². The first-order valence-corrected chi connectivity index (χ1v) is 6.67. The molecule has 1 rings (SSSR count). The third-order valence-corrected chi connectivity index (χ3v) is 3.22. The van der Waals surface area contributed by atoms with Crippen LogP contribution in [0.25, 0.3) is 0 Å². The monoisotopic (exact) mass is 436 g/mol. The Balaban J connectivity index is 2.45. The van der Waals surface area contributed by atoms with E-state index in [4.69, 9.17) is 0 Å². The first-order chi connectivity index (χ1) is 8.28. The number of carbonyl (C=O) groups is 1. The van der Waals surface area contributed by atoms with E-state index in [-0.39, 0.29) is 6.54 Å². The van der Waals surface area contributed by atoms with E-state index in [1.807, 2.05) is 6.07 Å². The summed E-state index contributed by atoms with van der Waals surface area (Å²) >= 11 is 5.37. The normalized spacial score (nSPS) is 11.2. The van der Waals surface area contributed by atoms with Crippen molar-refractivity contribution >= 4 is 50.1 Å². The lowest BCUT2D eigenvalue weighted by Crippen LogP contribution is -2.37. The van der Waals surface area contributed by atoms with Gasteiger partial charge in [-0.3, -0.25) is 4.79 Å². The van der Waals surface area contributed by atoms with Crippen molar-refractivity contribution in [2.75, 3.05) is 18.4 Å². The molecule has 0 bridgehead atoms. The average Bonchev–Trinajstić information content (AvgIpc) is 2.26. The molecule has 0 aromatic heterocycles. The number of anilines is 1. The molecule has 0 saturated heterocycles. The quantitative estimate of drug-likeness (QED) is 0.712. The van der Waals surface area contributed by atoms with E-state index >= 15 is 0 Å². The number of hydrogen-bond acceptors (Lipinski definition) is 2. The minimum Gasteiger partial charge on any atom is -0.375 e. The highest BCUT2D eigenvalue weighted by atomic mass is 127. The van der Waals surface area contributed by atoms with Gasteiger partial charge in [0, 0.05) is 13.7 Å². The molecule has 0 spiro atoms. The van der Waals surface area contributed by atoms with Gasteiger partial charge < -0.3 is 10.6 Å². The van der Waals surface area contributed by atoms with Crippen molar-refractivity contribution < 1.29 is 18.0 Å². The lowest BCUT2D eigenvalue weighted by Gasteiger charge is -2.11. The molecular formula is C10H9BrF3IN2O. The van der Waals surface area contributed by atoms with Gasteiger partial charge in [-0.2, -0.15) is 13.2 Å². The molecule has 0 radical (unpaired) electrons. The van der Waals surface area contributed by atoms with Crippen molar-refractivity contribution in [2.45, 2.75) is 6.18 Å². The predicted octanol–water partition coefficient (Wildman–Crippen LogP) is 3.14. The van der Waals surface area contributed by atoms with Gasteiger partial charge in [0.1, 0.15) is 6.54 Å². The van der Waals surface area contributed by atoms with Crippen molar-refractivity contribution in [3.05, 3.63) is 26.2 Å². The van der Waals surface area contributed by atoms with Gasteiger partial charge in [-0.1, -0.05) is 0 Å². The first kappa shape index (κ1) is 15.5. The zero-order chi connectivity index (χ0) is 13.8. The first-order valence-electron chi connectivity index (χ1n) is 4.80. The average molecular weight is 437 g/mol. The molecule has 0 aliphatic carbocycles. The number of alkyl halides is 3. The van der Waals surface area contributed by atoms with Gasteiger partial charge in [0.15, 0.2) is 0 Å². The second-order valence-electron chi connectivity index (χ2n) is 3.37. The molecule has 100 valence electrons. The van der Waals surface area contributed by atoms with Crippen LogP contribution < -0.4 is 10.6 Å². The Morgan fingerprint density at radius 3 is 2.67 bits per heavy atom. The van der Waals surface area contributed by atoms with Crippen LogP contribution in [-0.2, 0) is 4.79 Å². The smallest absolute Gasteiger partial charge is 0.375 e. The summed E-state index contributed by atoms with van der Waals surface area (Å²) in [6, 6.07) is 5.43. The summed E-state index contributed by atoms with van der Waals surface area (Å²) in [6.45, 7) is -1.53. The number of benzene rings is 1. The van der Waals surface area contributed by atoms with Crippen LogP contribution in [0.15, 0.2) is 22.7 Å². The summed E-state index contributed by atoms with van der Waals surface area (Å²) < 4.78 is 37.3. The molecule has 1 aromatic rings. The minimum atomic E-state index is -4.39. The standard InChI is InChI=1S/C10H9BrF3IN2O/c11-7-2-1-6(15)3-8(7)16-4-9(18)17-5-10(12,13)14/h1-3,16H,4-5H2,(H,17,18). The minimum absolute atomic E-state index is 0.214. The Kier molecular flexibility index (Phi) is 5.70. The van der Waals surface area contributed by atoms with Crippen LogP contribution in [0.4, 0.5) is 18.9 Å². The van der Waals surface area contributed by atoms with Crippen molar-refractivity contribution in [1.82, 2.24) is 5.32 Å². The van der Waals surface area contributed by atoms with Crippen LogP contribution in [-0.4, -0.2) is 25.2 Å². The molecule has 0 aliphatic heterocycles. The van der Waals surface area contributed by atoms with Crippen LogP contribution >= 0.6 is 38.5 Å². The van der Waals surface area contributed by atoms with E-state index in [0.717, 1.165) is 8.04 Å². The Hall–Kier alpha value is -0.510. The Bertz CT molecular complexity index is 440. The highest BCUT2D eigenvalue weighted by molar-refractivity contribution is 14.1. The molecule has 0 heterocycles. The van der Waals surface area contributed by atoms with Crippen molar-refractivity contribution in [3.8, 4) is 0 Å². The molecule has 1 amide bonds. The highest BCUT2D eigenvalue weighted by Crippen LogP contribution is 2.24. The lowest BCUT2D eigenvalue weighted by molar-refractivity contribution is -0.137. The van der Waals surface area contributed by atoms with Crippen molar-refractivity contribution in [2.24, 2.45) is 0 Å². The topological polar surface area (TPSA) is 41.1 Å². The van der Waals surface area contributed by atoms with Gasteiger partial charge in [0.2, 0.25) is 5.91 Å². The summed E-state index contributed by atoms with van der Waals surface area (Å²) in [5, 5.41) is 4.54. The maximum Gasteiger partial charge on any atom is 0.405 e. The third-order valence-electron chi connectivity index (χ3n) is 1.85. The van der Waals surface area contributed by atoms with E-state index in [1.54, 1.807) is 17.4 Å². The molecule has 3 nitrogen and oxygen atoms in total. The highest BCUT2D eigenvalue weighted by Gasteiger charge is 2.27.